The molecule has 2 nitrogen and oxygen atoms in total. The molecule has 0 amide bonds. The van der Waals surface area contributed by atoms with Crippen LogP contribution in [0.1, 0.15) is 11.1 Å². The van der Waals surface area contributed by atoms with Crippen LogP contribution >= 0.6 is 0 Å². The van der Waals surface area contributed by atoms with Crippen LogP contribution in [0.2, 0.25) is 0 Å². The van der Waals surface area contributed by atoms with Crippen LogP contribution in [-0.2, 0) is 0 Å². The molecule has 0 bridgehead atoms. The average molecular weight is 360 g/mol. The van der Waals surface area contributed by atoms with Gasteiger partial charge in [0.2, 0.25) is 0 Å². The fourth-order valence-electron chi connectivity index (χ4n) is 4.51. The lowest BCUT2D eigenvalue weighted by Crippen LogP contribution is -1.93. The van der Waals surface area contributed by atoms with Gasteiger partial charge in [0.1, 0.15) is 0 Å². The van der Waals surface area contributed by atoms with Crippen molar-refractivity contribution in [3.63, 3.8) is 0 Å². The first-order valence-electron chi connectivity index (χ1n) is 9.71. The Bertz CT molecular complexity index is 1470. The average Bonchev–Trinajstić information content (AvgIpc) is 3.22. The minimum absolute atomic E-state index is 1.17. The molecule has 0 saturated carbocycles. The molecule has 28 heavy (non-hydrogen) atoms. The highest BCUT2D eigenvalue weighted by molar-refractivity contribution is 6.11. The lowest BCUT2D eigenvalue weighted by Gasteiger charge is -2.08. The van der Waals surface area contributed by atoms with Crippen LogP contribution in [0.4, 0.5) is 0 Å². The molecule has 6 rings (SSSR count). The Morgan fingerprint density at radius 3 is 1.93 bits per heavy atom. The zero-order chi connectivity index (χ0) is 18.8. The van der Waals surface area contributed by atoms with E-state index >= 15 is 0 Å². The summed E-state index contributed by atoms with van der Waals surface area (Å²) in [6.07, 6.45) is 0. The number of hydrogen-bond donors (Lipinski definition) is 1. The summed E-state index contributed by atoms with van der Waals surface area (Å²) in [5.74, 6) is 0. The molecule has 0 unspecified atom stereocenters. The van der Waals surface area contributed by atoms with Crippen LogP contribution in [0.15, 0.2) is 78.9 Å². The van der Waals surface area contributed by atoms with E-state index in [9.17, 15) is 0 Å². The summed E-state index contributed by atoms with van der Waals surface area (Å²) in [5.41, 5.74) is 8.63. The lowest BCUT2D eigenvalue weighted by atomic mass is 10.1. The van der Waals surface area contributed by atoms with Gasteiger partial charge in [0.15, 0.2) is 0 Å². The van der Waals surface area contributed by atoms with Gasteiger partial charge in [0, 0.05) is 38.3 Å². The molecule has 0 saturated heterocycles. The fraction of sp³-hybridized carbons (Fsp3) is 0.0769. The molecule has 0 fully saturated rings. The van der Waals surface area contributed by atoms with E-state index in [1.165, 1.54) is 60.4 Å². The van der Waals surface area contributed by atoms with E-state index in [1.807, 2.05) is 0 Å². The van der Waals surface area contributed by atoms with Crippen molar-refractivity contribution in [2.75, 3.05) is 0 Å². The molecular weight excluding hydrogens is 340 g/mol. The predicted molar refractivity (Wildman–Crippen MR) is 120 cm³/mol. The van der Waals surface area contributed by atoms with Crippen molar-refractivity contribution >= 4 is 43.6 Å². The number of para-hydroxylation sites is 1. The fourth-order valence-corrected chi connectivity index (χ4v) is 4.51. The molecule has 0 aliphatic heterocycles. The molecule has 0 atom stereocenters. The Labute approximate surface area is 163 Å². The van der Waals surface area contributed by atoms with Crippen molar-refractivity contribution in [3.05, 3.63) is 90.0 Å². The van der Waals surface area contributed by atoms with Gasteiger partial charge in [-0.3, -0.25) is 0 Å². The zero-order valence-corrected chi connectivity index (χ0v) is 16.0. The van der Waals surface area contributed by atoms with Crippen molar-refractivity contribution in [2.24, 2.45) is 0 Å². The highest BCUT2D eigenvalue weighted by Gasteiger charge is 2.13. The van der Waals surface area contributed by atoms with Gasteiger partial charge in [0.25, 0.3) is 0 Å². The quantitative estimate of drug-likeness (QED) is 0.325. The van der Waals surface area contributed by atoms with Crippen LogP contribution in [0, 0.1) is 13.8 Å². The largest absolute Gasteiger partial charge is 0.354 e. The van der Waals surface area contributed by atoms with Gasteiger partial charge in [-0.25, -0.2) is 0 Å². The Balaban J connectivity index is 1.72. The van der Waals surface area contributed by atoms with E-state index in [-0.39, 0.29) is 0 Å². The van der Waals surface area contributed by atoms with Gasteiger partial charge in [-0.15, -0.1) is 0 Å². The number of nitrogens with zero attached hydrogens (tertiary/aromatic N) is 1. The maximum Gasteiger partial charge on any atom is 0.0541 e. The number of H-pyrrole nitrogens is 1. The number of aromatic amines is 1. The number of aryl methyl sites for hydroxylation is 2. The molecule has 0 aliphatic carbocycles. The zero-order valence-electron chi connectivity index (χ0n) is 16.0. The van der Waals surface area contributed by atoms with Crippen molar-refractivity contribution in [3.8, 4) is 5.69 Å². The summed E-state index contributed by atoms with van der Waals surface area (Å²) >= 11 is 0. The number of rotatable bonds is 1. The maximum atomic E-state index is 3.58. The molecule has 2 heterocycles. The molecule has 0 aliphatic rings. The van der Waals surface area contributed by atoms with Crippen molar-refractivity contribution in [2.45, 2.75) is 13.8 Å². The highest BCUT2D eigenvalue weighted by Crippen LogP contribution is 2.35. The molecule has 0 radical (unpaired) electrons. The summed E-state index contributed by atoms with van der Waals surface area (Å²) in [5, 5.41) is 5.18. The van der Waals surface area contributed by atoms with E-state index < -0.39 is 0 Å². The second-order valence-electron chi connectivity index (χ2n) is 7.78. The van der Waals surface area contributed by atoms with Gasteiger partial charge < -0.3 is 9.55 Å². The van der Waals surface area contributed by atoms with E-state index in [1.54, 1.807) is 0 Å². The van der Waals surface area contributed by atoms with Crippen molar-refractivity contribution < 1.29 is 0 Å². The second kappa shape index (κ2) is 5.49. The number of nitrogens with one attached hydrogen (secondary N) is 1. The molecule has 2 heteroatoms. The molecule has 1 N–H and O–H groups in total. The van der Waals surface area contributed by atoms with Gasteiger partial charge in [-0.1, -0.05) is 47.5 Å². The van der Waals surface area contributed by atoms with Crippen molar-refractivity contribution in [1.82, 2.24) is 9.55 Å². The van der Waals surface area contributed by atoms with E-state index in [0.29, 0.717) is 0 Å². The van der Waals surface area contributed by atoms with Gasteiger partial charge >= 0.3 is 0 Å². The SMILES string of the molecule is Cc1ccc2c(c1)c1cc(C)ccc1n2-c1ccc2c(c1)[nH]c1ccccc12. The van der Waals surface area contributed by atoms with Gasteiger partial charge in [0.05, 0.1) is 11.0 Å². The smallest absolute Gasteiger partial charge is 0.0541 e. The van der Waals surface area contributed by atoms with E-state index in [2.05, 4.69) is 102 Å². The van der Waals surface area contributed by atoms with Crippen molar-refractivity contribution in [1.29, 1.82) is 0 Å². The van der Waals surface area contributed by atoms with E-state index in [4.69, 9.17) is 0 Å². The van der Waals surface area contributed by atoms with Crippen LogP contribution < -0.4 is 0 Å². The Kier molecular flexibility index (Phi) is 3.05. The lowest BCUT2D eigenvalue weighted by molar-refractivity contribution is 1.18. The number of aromatic nitrogens is 2. The minimum atomic E-state index is 1.17. The Morgan fingerprint density at radius 1 is 0.571 bits per heavy atom. The summed E-state index contributed by atoms with van der Waals surface area (Å²) in [4.78, 5) is 3.58. The summed E-state index contributed by atoms with van der Waals surface area (Å²) < 4.78 is 2.38. The third kappa shape index (κ3) is 2.09. The monoisotopic (exact) mass is 360 g/mol. The third-order valence-corrected chi connectivity index (χ3v) is 5.82. The van der Waals surface area contributed by atoms with E-state index in [0.717, 1.165) is 0 Å². The molecule has 6 aromatic rings. The van der Waals surface area contributed by atoms with Crippen LogP contribution in [0.3, 0.4) is 0 Å². The first-order chi connectivity index (χ1) is 13.7. The summed E-state index contributed by atoms with van der Waals surface area (Å²) in [7, 11) is 0. The maximum absolute atomic E-state index is 3.58. The molecule has 4 aromatic carbocycles. The van der Waals surface area contributed by atoms with Crippen LogP contribution in [0.25, 0.3) is 49.3 Å². The molecular formula is C26H20N2. The number of hydrogen-bond acceptors (Lipinski definition) is 0. The standard InChI is InChI=1S/C26H20N2/c1-16-7-11-25-21(13-16)22-14-17(2)8-12-26(22)28(25)18-9-10-20-19-5-3-4-6-23(19)27-24(20)15-18/h3-15,27H,1-2H3. The third-order valence-electron chi connectivity index (χ3n) is 5.82. The molecule has 0 spiro atoms. The first-order valence-corrected chi connectivity index (χ1v) is 9.71. The minimum Gasteiger partial charge on any atom is -0.354 e. The topological polar surface area (TPSA) is 20.7 Å². The second-order valence-corrected chi connectivity index (χ2v) is 7.78. The molecule has 134 valence electrons. The Morgan fingerprint density at radius 2 is 1.21 bits per heavy atom. The van der Waals surface area contributed by atoms with Gasteiger partial charge in [-0.05, 0) is 56.3 Å². The Hall–Kier alpha value is -3.52. The first kappa shape index (κ1) is 15.5. The molecule has 2 aromatic heterocycles. The highest BCUT2D eigenvalue weighted by atomic mass is 15.0. The van der Waals surface area contributed by atoms with Gasteiger partial charge in [-0.2, -0.15) is 0 Å². The normalized spacial score (nSPS) is 11.9. The number of fused-ring (bicyclic) bond motifs is 6. The van der Waals surface area contributed by atoms with Crippen LogP contribution in [0.5, 0.6) is 0 Å². The van der Waals surface area contributed by atoms with Crippen LogP contribution in [-0.4, -0.2) is 9.55 Å². The number of benzene rings is 4. The predicted octanol–water partition coefficient (Wildman–Crippen LogP) is 7.04. The summed E-state index contributed by atoms with van der Waals surface area (Å²) in [6.45, 7) is 4.32. The summed E-state index contributed by atoms with van der Waals surface area (Å²) in [6, 6.07) is 28.7.